The highest BCUT2D eigenvalue weighted by Gasteiger charge is 2.55. The first-order valence-corrected chi connectivity index (χ1v) is 3.88. The summed E-state index contributed by atoms with van der Waals surface area (Å²) < 4.78 is 0. The van der Waals surface area contributed by atoms with Gasteiger partial charge in [-0.25, -0.2) is 0 Å². The van der Waals surface area contributed by atoms with Crippen LogP contribution in [0.2, 0.25) is 0 Å². The van der Waals surface area contributed by atoms with Crippen LogP contribution in [-0.2, 0) is 0 Å². The molecule has 3 aliphatic rings. The van der Waals surface area contributed by atoms with E-state index in [9.17, 15) is 0 Å². The van der Waals surface area contributed by atoms with Crippen molar-refractivity contribution in [2.75, 3.05) is 0 Å². The maximum Gasteiger partial charge on any atom is 0.00599 e. The molecule has 3 rings (SSSR count). The van der Waals surface area contributed by atoms with E-state index in [0.29, 0.717) is 0 Å². The van der Waals surface area contributed by atoms with Crippen molar-refractivity contribution < 1.29 is 0 Å². The van der Waals surface area contributed by atoms with Crippen molar-refractivity contribution in [1.82, 2.24) is 0 Å². The number of hydrogen-bond donors (Lipinski definition) is 0. The summed E-state index contributed by atoms with van der Waals surface area (Å²) in [6.07, 6.45) is 8.04. The summed E-state index contributed by atoms with van der Waals surface area (Å²) in [4.78, 5) is 0. The van der Waals surface area contributed by atoms with E-state index in [-0.39, 0.29) is 0 Å². The summed E-state index contributed by atoms with van der Waals surface area (Å²) in [6, 6.07) is 0. The average Bonchev–Trinajstić information content (AvgIpc) is 1.85. The molecule has 0 heteroatoms. The molecule has 0 amide bonds. The van der Waals surface area contributed by atoms with Gasteiger partial charge in [-0.05, 0) is 43.3 Å². The summed E-state index contributed by atoms with van der Waals surface area (Å²) in [7, 11) is 0. The highest BCUT2D eigenvalue weighted by Crippen LogP contribution is 2.65. The van der Waals surface area contributed by atoms with Crippen LogP contribution in [0.15, 0.2) is 17.4 Å². The molecule has 0 bridgehead atoms. The fourth-order valence-corrected chi connectivity index (χ4v) is 2.58. The van der Waals surface area contributed by atoms with Gasteiger partial charge in [-0.3, -0.25) is 0 Å². The molecule has 0 aliphatic heterocycles. The molecule has 1 spiro atoms. The second-order valence-electron chi connectivity index (χ2n) is 3.59. The van der Waals surface area contributed by atoms with E-state index in [4.69, 9.17) is 0 Å². The lowest BCUT2D eigenvalue weighted by Crippen LogP contribution is -2.44. The number of hydrogen-bond acceptors (Lipinski definition) is 0. The van der Waals surface area contributed by atoms with E-state index in [2.05, 4.69) is 11.8 Å². The van der Waals surface area contributed by atoms with E-state index in [1.54, 1.807) is 5.57 Å². The van der Waals surface area contributed by atoms with Crippen molar-refractivity contribution in [3.63, 3.8) is 0 Å². The molecule has 3 aliphatic carbocycles. The topological polar surface area (TPSA) is 0 Å². The van der Waals surface area contributed by atoms with E-state index in [1.165, 1.54) is 25.7 Å². The zero-order chi connectivity index (χ0) is 5.90. The lowest BCUT2D eigenvalue weighted by atomic mass is 9.50. The van der Waals surface area contributed by atoms with Crippen molar-refractivity contribution in [2.45, 2.75) is 25.7 Å². The predicted molar refractivity (Wildman–Crippen MR) is 36.0 cm³/mol. The molecule has 0 heterocycles. The van der Waals surface area contributed by atoms with Crippen LogP contribution in [0, 0.1) is 11.3 Å². The fraction of sp³-hybridized carbons (Fsp3) is 0.667. The minimum Gasteiger partial charge on any atom is -0.125 e. The summed E-state index contributed by atoms with van der Waals surface area (Å²) in [5.74, 6) is 0.932. The maximum absolute atomic E-state index is 3.40. The van der Waals surface area contributed by atoms with Crippen molar-refractivity contribution in [1.29, 1.82) is 0 Å². The van der Waals surface area contributed by atoms with Crippen LogP contribution in [0.25, 0.3) is 0 Å². The highest BCUT2D eigenvalue weighted by atomic mass is 14.6. The Morgan fingerprint density at radius 3 is 2.89 bits per heavy atom. The predicted octanol–water partition coefficient (Wildman–Crippen LogP) is 2.27. The molecular weight excluding hydrogens is 108 g/mol. The summed E-state index contributed by atoms with van der Waals surface area (Å²) in [6.45, 7) is 0. The molecule has 46 valence electrons. The molecule has 0 aromatic rings. The van der Waals surface area contributed by atoms with Crippen LogP contribution < -0.4 is 0 Å². The van der Waals surface area contributed by atoms with Gasteiger partial charge in [0.1, 0.15) is 0 Å². The first kappa shape index (κ1) is 4.35. The van der Waals surface area contributed by atoms with Gasteiger partial charge in [-0.1, -0.05) is 0 Å². The Labute approximate surface area is 55.3 Å². The second kappa shape index (κ2) is 1.04. The highest BCUT2D eigenvalue weighted by molar-refractivity contribution is 5.35. The molecule has 0 radical (unpaired) electrons. The van der Waals surface area contributed by atoms with Gasteiger partial charge in [0.25, 0.3) is 0 Å². The molecular formula is C9H10. The standard InChI is InChI=1S/C9H10/c1-2-8-4-6-9(8)5-3-7(1)9/h1,7H,3-6H2. The van der Waals surface area contributed by atoms with Crippen LogP contribution in [0.1, 0.15) is 25.7 Å². The summed E-state index contributed by atoms with van der Waals surface area (Å²) in [5.41, 5.74) is 5.77. The van der Waals surface area contributed by atoms with Crippen LogP contribution >= 0.6 is 0 Å². The molecule has 0 aromatic heterocycles. The van der Waals surface area contributed by atoms with Crippen molar-refractivity contribution in [2.24, 2.45) is 11.3 Å². The Bertz CT molecular complexity index is 226. The SMILES string of the molecule is C1=CC2CCC23CCC=13. The molecule has 2 atom stereocenters. The Hall–Kier alpha value is -0.480. The first-order chi connectivity index (χ1) is 4.42. The third kappa shape index (κ3) is 0.282. The van der Waals surface area contributed by atoms with Crippen molar-refractivity contribution in [3.05, 3.63) is 17.4 Å². The van der Waals surface area contributed by atoms with Crippen molar-refractivity contribution >= 4 is 0 Å². The van der Waals surface area contributed by atoms with Crippen LogP contribution in [0.3, 0.4) is 0 Å². The van der Waals surface area contributed by atoms with Gasteiger partial charge < -0.3 is 0 Å². The Balaban J connectivity index is 2.14. The van der Waals surface area contributed by atoms with Crippen LogP contribution in [-0.4, -0.2) is 0 Å². The molecule has 0 aromatic carbocycles. The van der Waals surface area contributed by atoms with Crippen LogP contribution in [0.5, 0.6) is 0 Å². The zero-order valence-corrected chi connectivity index (χ0v) is 5.48. The third-order valence-electron chi connectivity index (χ3n) is 3.49. The van der Waals surface area contributed by atoms with E-state index in [1.807, 2.05) is 0 Å². The molecule has 2 saturated carbocycles. The normalized spacial score (nSPS) is 50.7. The monoisotopic (exact) mass is 118 g/mol. The smallest absolute Gasteiger partial charge is 0.00599 e. The minimum atomic E-state index is 0.722. The van der Waals surface area contributed by atoms with Gasteiger partial charge in [-0.15, -0.1) is 5.73 Å². The number of rotatable bonds is 0. The minimum absolute atomic E-state index is 0.722. The average molecular weight is 118 g/mol. The lowest BCUT2D eigenvalue weighted by molar-refractivity contribution is 0.0582. The zero-order valence-electron chi connectivity index (χ0n) is 5.48. The molecule has 2 fully saturated rings. The van der Waals surface area contributed by atoms with Crippen molar-refractivity contribution in [3.8, 4) is 0 Å². The second-order valence-corrected chi connectivity index (χ2v) is 3.59. The quantitative estimate of drug-likeness (QED) is 0.428. The Morgan fingerprint density at radius 2 is 2.56 bits per heavy atom. The van der Waals surface area contributed by atoms with Gasteiger partial charge in [0, 0.05) is 5.41 Å². The summed E-state index contributed by atoms with van der Waals surface area (Å²) >= 11 is 0. The van der Waals surface area contributed by atoms with Gasteiger partial charge in [0.05, 0.1) is 0 Å². The Morgan fingerprint density at radius 1 is 1.56 bits per heavy atom. The third-order valence-corrected chi connectivity index (χ3v) is 3.49. The molecule has 0 saturated heterocycles. The molecule has 2 unspecified atom stereocenters. The largest absolute Gasteiger partial charge is 0.125 e. The lowest BCUT2D eigenvalue weighted by Gasteiger charge is -2.53. The molecule has 0 N–H and O–H groups in total. The fourth-order valence-electron chi connectivity index (χ4n) is 2.58. The molecule has 9 heavy (non-hydrogen) atoms. The van der Waals surface area contributed by atoms with Gasteiger partial charge in [0.15, 0.2) is 0 Å². The van der Waals surface area contributed by atoms with Gasteiger partial charge >= 0.3 is 0 Å². The van der Waals surface area contributed by atoms with E-state index >= 15 is 0 Å². The summed E-state index contributed by atoms with van der Waals surface area (Å²) in [5, 5.41) is 0. The van der Waals surface area contributed by atoms with Gasteiger partial charge in [0.2, 0.25) is 0 Å². The number of allylic oxidation sites excluding steroid dienone is 1. The van der Waals surface area contributed by atoms with Crippen LogP contribution in [0.4, 0.5) is 0 Å². The van der Waals surface area contributed by atoms with E-state index < -0.39 is 0 Å². The van der Waals surface area contributed by atoms with Gasteiger partial charge in [-0.2, -0.15) is 0 Å². The Kier molecular flexibility index (Phi) is 0.504. The maximum atomic E-state index is 3.40. The van der Waals surface area contributed by atoms with E-state index in [0.717, 1.165) is 11.3 Å². The first-order valence-electron chi connectivity index (χ1n) is 3.88. The molecule has 0 nitrogen and oxygen atoms in total.